The molecule has 0 radical (unpaired) electrons. The average Bonchev–Trinajstić information content (AvgIpc) is 2.95. The first-order chi connectivity index (χ1) is 8.65. The summed E-state index contributed by atoms with van der Waals surface area (Å²) in [6, 6.07) is 3.48. The number of nitrogens with one attached hydrogen (secondary N) is 1. The minimum atomic E-state index is -0.132. The van der Waals surface area contributed by atoms with Gasteiger partial charge in [-0.25, -0.2) is 0 Å². The van der Waals surface area contributed by atoms with Crippen LogP contribution in [0.1, 0.15) is 13.8 Å². The van der Waals surface area contributed by atoms with Crippen molar-refractivity contribution in [1.29, 1.82) is 0 Å². The number of nitrogens with zero attached hydrogens (tertiary/aromatic N) is 4. The van der Waals surface area contributed by atoms with E-state index < -0.39 is 0 Å². The first kappa shape index (κ1) is 12.3. The fourth-order valence-electron chi connectivity index (χ4n) is 1.32. The zero-order chi connectivity index (χ0) is 13.0. The van der Waals surface area contributed by atoms with E-state index in [-0.39, 0.29) is 12.5 Å². The summed E-state index contributed by atoms with van der Waals surface area (Å²) in [4.78, 5) is 12.8. The van der Waals surface area contributed by atoms with Crippen molar-refractivity contribution in [2.75, 3.05) is 6.54 Å². The van der Waals surface area contributed by atoms with E-state index in [0.717, 1.165) is 0 Å². The summed E-state index contributed by atoms with van der Waals surface area (Å²) in [5.41, 5.74) is 0. The summed E-state index contributed by atoms with van der Waals surface area (Å²) in [6.07, 6.45) is 1.53. The molecule has 7 heteroatoms. The monoisotopic (exact) mass is 249 g/mol. The minimum absolute atomic E-state index is 0.0560. The van der Waals surface area contributed by atoms with Crippen molar-refractivity contribution in [2.45, 2.75) is 20.4 Å². The highest BCUT2D eigenvalue weighted by molar-refractivity contribution is 5.75. The van der Waals surface area contributed by atoms with Crippen molar-refractivity contribution in [3.8, 4) is 11.6 Å². The second kappa shape index (κ2) is 5.44. The molecule has 0 saturated carbocycles. The maximum absolute atomic E-state index is 11.5. The molecular weight excluding hydrogens is 234 g/mol. The first-order valence-electron chi connectivity index (χ1n) is 5.73. The van der Waals surface area contributed by atoms with Gasteiger partial charge in [-0.05, 0) is 23.3 Å². The predicted molar refractivity (Wildman–Crippen MR) is 63.4 cm³/mol. The fourth-order valence-corrected chi connectivity index (χ4v) is 1.32. The van der Waals surface area contributed by atoms with Crippen LogP contribution in [0, 0.1) is 5.92 Å². The van der Waals surface area contributed by atoms with Gasteiger partial charge in [0.25, 0.3) is 0 Å². The molecule has 1 amide bonds. The number of amides is 1. The number of hydrogen-bond donors (Lipinski definition) is 1. The Labute approximate surface area is 104 Å². The molecule has 0 spiro atoms. The van der Waals surface area contributed by atoms with Crippen LogP contribution in [0.15, 0.2) is 22.8 Å². The van der Waals surface area contributed by atoms with Gasteiger partial charge < -0.3 is 9.73 Å². The molecule has 1 N–H and O–H groups in total. The van der Waals surface area contributed by atoms with Crippen LogP contribution in [0.2, 0.25) is 0 Å². The average molecular weight is 249 g/mol. The molecule has 0 aliphatic heterocycles. The van der Waals surface area contributed by atoms with Crippen LogP contribution in [-0.4, -0.2) is 32.7 Å². The van der Waals surface area contributed by atoms with Crippen molar-refractivity contribution in [3.05, 3.63) is 18.4 Å². The van der Waals surface area contributed by atoms with E-state index in [2.05, 4.69) is 20.7 Å². The molecule has 2 rings (SSSR count). The summed E-state index contributed by atoms with van der Waals surface area (Å²) in [5.74, 6) is 1.18. The zero-order valence-electron chi connectivity index (χ0n) is 10.3. The quantitative estimate of drug-likeness (QED) is 0.843. The van der Waals surface area contributed by atoms with E-state index in [0.29, 0.717) is 24.0 Å². The number of tetrazole rings is 1. The summed E-state index contributed by atoms with van der Waals surface area (Å²) in [7, 11) is 0. The summed E-state index contributed by atoms with van der Waals surface area (Å²) in [5, 5.41) is 14.5. The Morgan fingerprint density at radius 2 is 2.39 bits per heavy atom. The van der Waals surface area contributed by atoms with Crippen LogP contribution in [0.4, 0.5) is 0 Å². The van der Waals surface area contributed by atoms with Crippen molar-refractivity contribution < 1.29 is 9.21 Å². The molecule has 2 aromatic rings. The van der Waals surface area contributed by atoms with E-state index in [4.69, 9.17) is 4.42 Å². The summed E-state index contributed by atoms with van der Waals surface area (Å²) >= 11 is 0. The Balaban J connectivity index is 1.93. The van der Waals surface area contributed by atoms with Gasteiger partial charge in [-0.3, -0.25) is 4.79 Å². The third-order valence-corrected chi connectivity index (χ3v) is 2.19. The Kier molecular flexibility index (Phi) is 3.71. The normalized spacial score (nSPS) is 10.8. The lowest BCUT2D eigenvalue weighted by molar-refractivity contribution is -0.122. The number of rotatable bonds is 5. The molecule has 2 aromatic heterocycles. The lowest BCUT2D eigenvalue weighted by atomic mass is 10.2. The lowest BCUT2D eigenvalue weighted by Gasteiger charge is -2.06. The molecule has 0 saturated heterocycles. The molecule has 0 fully saturated rings. The molecule has 0 bridgehead atoms. The summed E-state index contributed by atoms with van der Waals surface area (Å²) in [6.45, 7) is 4.75. The second-order valence-corrected chi connectivity index (χ2v) is 4.32. The third kappa shape index (κ3) is 3.16. The van der Waals surface area contributed by atoms with Gasteiger partial charge in [-0.1, -0.05) is 13.8 Å². The van der Waals surface area contributed by atoms with Crippen LogP contribution in [0.5, 0.6) is 0 Å². The van der Waals surface area contributed by atoms with Gasteiger partial charge in [0.2, 0.25) is 11.7 Å². The lowest BCUT2D eigenvalue weighted by Crippen LogP contribution is -2.31. The van der Waals surface area contributed by atoms with Crippen molar-refractivity contribution in [2.24, 2.45) is 5.92 Å². The predicted octanol–water partition coefficient (Wildman–Crippen LogP) is 0.705. The van der Waals surface area contributed by atoms with Crippen molar-refractivity contribution in [3.63, 3.8) is 0 Å². The molecule has 0 unspecified atom stereocenters. The van der Waals surface area contributed by atoms with Gasteiger partial charge in [0.15, 0.2) is 5.76 Å². The SMILES string of the molecule is CC(C)CNC(=O)Cn1nnc(-c2ccco2)n1. The van der Waals surface area contributed by atoms with Crippen LogP contribution in [0.3, 0.4) is 0 Å². The Morgan fingerprint density at radius 3 is 3.06 bits per heavy atom. The third-order valence-electron chi connectivity index (χ3n) is 2.19. The highest BCUT2D eigenvalue weighted by atomic mass is 16.3. The Morgan fingerprint density at radius 1 is 1.56 bits per heavy atom. The summed E-state index contributed by atoms with van der Waals surface area (Å²) < 4.78 is 5.14. The molecule has 0 aliphatic carbocycles. The minimum Gasteiger partial charge on any atom is -0.461 e. The molecule has 0 aliphatic rings. The number of hydrogen-bond acceptors (Lipinski definition) is 5. The number of aromatic nitrogens is 4. The van der Waals surface area contributed by atoms with Crippen LogP contribution in [0.25, 0.3) is 11.6 Å². The molecule has 96 valence electrons. The van der Waals surface area contributed by atoms with Gasteiger partial charge in [0.05, 0.1) is 6.26 Å². The maximum atomic E-state index is 11.5. The van der Waals surface area contributed by atoms with Gasteiger partial charge in [0.1, 0.15) is 6.54 Å². The highest BCUT2D eigenvalue weighted by Gasteiger charge is 2.10. The smallest absolute Gasteiger partial charge is 0.243 e. The van der Waals surface area contributed by atoms with Gasteiger partial charge in [0, 0.05) is 6.54 Å². The van der Waals surface area contributed by atoms with E-state index in [1.165, 1.54) is 11.1 Å². The van der Waals surface area contributed by atoms with E-state index in [1.54, 1.807) is 12.1 Å². The molecular formula is C11H15N5O2. The fraction of sp³-hybridized carbons (Fsp3) is 0.455. The van der Waals surface area contributed by atoms with Crippen LogP contribution < -0.4 is 5.32 Å². The Hall–Kier alpha value is -2.18. The molecule has 2 heterocycles. The van der Waals surface area contributed by atoms with E-state index >= 15 is 0 Å². The number of carbonyl (C=O) groups excluding carboxylic acids is 1. The van der Waals surface area contributed by atoms with Crippen molar-refractivity contribution >= 4 is 5.91 Å². The topological polar surface area (TPSA) is 85.8 Å². The Bertz CT molecular complexity index is 503. The number of furan rings is 1. The molecule has 18 heavy (non-hydrogen) atoms. The highest BCUT2D eigenvalue weighted by Crippen LogP contribution is 2.12. The zero-order valence-corrected chi connectivity index (χ0v) is 10.3. The molecule has 0 aromatic carbocycles. The largest absolute Gasteiger partial charge is 0.461 e. The van der Waals surface area contributed by atoms with Crippen LogP contribution >= 0.6 is 0 Å². The molecule has 7 nitrogen and oxygen atoms in total. The van der Waals surface area contributed by atoms with Crippen molar-refractivity contribution in [1.82, 2.24) is 25.5 Å². The van der Waals surface area contributed by atoms with Gasteiger partial charge >= 0.3 is 0 Å². The van der Waals surface area contributed by atoms with Crippen LogP contribution in [-0.2, 0) is 11.3 Å². The first-order valence-corrected chi connectivity index (χ1v) is 5.73. The van der Waals surface area contributed by atoms with E-state index in [9.17, 15) is 4.79 Å². The molecule has 0 atom stereocenters. The van der Waals surface area contributed by atoms with E-state index in [1.807, 2.05) is 13.8 Å². The number of carbonyl (C=O) groups is 1. The van der Waals surface area contributed by atoms with Gasteiger partial charge in [-0.15, -0.1) is 10.2 Å². The standard InChI is InChI=1S/C11H15N5O2/c1-8(2)6-12-10(17)7-16-14-11(13-15-16)9-4-3-5-18-9/h3-5,8H,6-7H2,1-2H3,(H,12,17). The second-order valence-electron chi connectivity index (χ2n) is 4.32. The maximum Gasteiger partial charge on any atom is 0.243 e. The van der Waals surface area contributed by atoms with Gasteiger partial charge in [-0.2, -0.15) is 4.80 Å².